The number of H-pyrrole nitrogens is 1. The van der Waals surface area contributed by atoms with Crippen molar-refractivity contribution in [3.63, 3.8) is 0 Å². The van der Waals surface area contributed by atoms with Gasteiger partial charge in [-0.25, -0.2) is 9.97 Å². The predicted molar refractivity (Wildman–Crippen MR) is 134 cm³/mol. The van der Waals surface area contributed by atoms with Crippen LogP contribution in [0.25, 0.3) is 11.0 Å². The number of benzene rings is 1. The summed E-state index contributed by atoms with van der Waals surface area (Å²) >= 11 is 0. The van der Waals surface area contributed by atoms with Crippen molar-refractivity contribution in [1.29, 1.82) is 0 Å². The largest absolute Gasteiger partial charge is 1.00 e. The molecule has 1 saturated heterocycles. The van der Waals surface area contributed by atoms with Crippen LogP contribution >= 0.6 is 0 Å². The van der Waals surface area contributed by atoms with Gasteiger partial charge in [-0.05, 0) is 31.5 Å². The van der Waals surface area contributed by atoms with Crippen LogP contribution < -0.4 is 89.4 Å². The summed E-state index contributed by atoms with van der Waals surface area (Å²) in [6.07, 6.45) is 2.34. The number of rotatable bonds is 7. The second-order valence-corrected chi connectivity index (χ2v) is 8.02. The van der Waals surface area contributed by atoms with Gasteiger partial charge in [-0.15, -0.1) is 0 Å². The summed E-state index contributed by atoms with van der Waals surface area (Å²) in [6, 6.07) is 7.61. The fourth-order valence-corrected chi connectivity index (χ4v) is 4.09. The average Bonchev–Trinajstić information content (AvgIpc) is 2.84. The van der Waals surface area contributed by atoms with Crippen LogP contribution in [-0.2, 0) is 13.0 Å². The van der Waals surface area contributed by atoms with Gasteiger partial charge in [0.15, 0.2) is 0 Å². The number of pyridine rings is 1. The first-order valence-corrected chi connectivity index (χ1v) is 11.4. The zero-order chi connectivity index (χ0) is 23.4. The number of hydrogen-bond donors (Lipinski definition) is 2. The fraction of sp³-hybridized carbons (Fsp3) is 0.400. The van der Waals surface area contributed by atoms with Gasteiger partial charge in [0.25, 0.3) is 11.5 Å². The zero-order valence-electron chi connectivity index (χ0n) is 21.4. The zero-order valence-corrected chi connectivity index (χ0v) is 27.6. The topological polar surface area (TPSA) is 103 Å². The molecule has 0 saturated carbocycles. The van der Waals surface area contributed by atoms with Crippen molar-refractivity contribution in [2.75, 3.05) is 44.7 Å². The third kappa shape index (κ3) is 7.09. The first-order chi connectivity index (χ1) is 16.0. The number of nitrogens with one attached hydrogen (secondary N) is 2. The molecule has 1 aromatic carbocycles. The molecule has 9 nitrogen and oxygen atoms in total. The summed E-state index contributed by atoms with van der Waals surface area (Å²) in [4.78, 5) is 40.3. The Hall–Kier alpha value is -1.41. The minimum atomic E-state index is -0.186. The summed E-state index contributed by atoms with van der Waals surface area (Å²) in [5, 5.41) is 2.59. The first kappa shape index (κ1) is 29.8. The van der Waals surface area contributed by atoms with Crippen molar-refractivity contribution in [3.05, 3.63) is 65.2 Å². The quantitative estimate of drug-likeness (QED) is 0.351. The van der Waals surface area contributed by atoms with Gasteiger partial charge in [-0.3, -0.25) is 14.5 Å². The molecule has 1 aliphatic rings. The second kappa shape index (κ2) is 13.8. The van der Waals surface area contributed by atoms with Crippen LogP contribution in [0.1, 0.15) is 35.6 Å². The van der Waals surface area contributed by atoms with Gasteiger partial charge in [0.05, 0.1) is 29.5 Å². The second-order valence-electron chi connectivity index (χ2n) is 8.02. The normalized spacial score (nSPS) is 13.6. The SMILES string of the molecule is CCOc1cc2nc(CC)c(=O)[nH]c2cc1CN1CCN(c2ccc(C(=O)NC)nc2)CC1.[CH3-].[Cs+]. The number of amides is 1. The molecule has 0 spiro atoms. The summed E-state index contributed by atoms with van der Waals surface area (Å²) in [5.41, 5.74) is 4.34. The van der Waals surface area contributed by atoms with Crippen molar-refractivity contribution in [2.24, 2.45) is 0 Å². The maximum Gasteiger partial charge on any atom is 1.00 e. The predicted octanol–water partition coefficient (Wildman–Crippen LogP) is -0.585. The van der Waals surface area contributed by atoms with Crippen LogP contribution in [0.5, 0.6) is 5.75 Å². The van der Waals surface area contributed by atoms with Gasteiger partial charge in [0.2, 0.25) is 0 Å². The van der Waals surface area contributed by atoms with Crippen LogP contribution in [0.15, 0.2) is 35.3 Å². The molecule has 2 aromatic heterocycles. The number of ether oxygens (including phenoxy) is 1. The molecule has 4 rings (SSSR count). The van der Waals surface area contributed by atoms with Gasteiger partial charge >= 0.3 is 68.9 Å². The summed E-state index contributed by atoms with van der Waals surface area (Å²) < 4.78 is 5.91. The number of aromatic amines is 1. The fourth-order valence-electron chi connectivity index (χ4n) is 4.09. The molecule has 1 aliphatic heterocycles. The summed E-state index contributed by atoms with van der Waals surface area (Å²) in [5.74, 6) is 0.623. The van der Waals surface area contributed by atoms with Gasteiger partial charge in [-0.1, -0.05) is 6.92 Å². The Kier molecular flexibility index (Phi) is 11.7. The van der Waals surface area contributed by atoms with Gasteiger partial charge < -0.3 is 27.4 Å². The Morgan fingerprint density at radius 3 is 2.51 bits per heavy atom. The van der Waals surface area contributed by atoms with E-state index in [0.717, 1.165) is 60.8 Å². The molecule has 0 unspecified atom stereocenters. The van der Waals surface area contributed by atoms with E-state index in [1.807, 2.05) is 32.0 Å². The number of anilines is 1. The molecule has 0 radical (unpaired) electrons. The minimum absolute atomic E-state index is 0. The van der Waals surface area contributed by atoms with E-state index in [0.29, 0.717) is 24.4 Å². The number of nitrogens with zero attached hydrogens (tertiary/aromatic N) is 4. The van der Waals surface area contributed by atoms with Crippen LogP contribution in [0.2, 0.25) is 0 Å². The molecule has 3 aromatic rings. The number of carbonyl (C=O) groups excluding carboxylic acids is 1. The number of hydrogen-bond acceptors (Lipinski definition) is 7. The Bertz CT molecular complexity index is 1190. The van der Waals surface area contributed by atoms with Gasteiger partial charge in [-0.2, -0.15) is 0 Å². The van der Waals surface area contributed by atoms with Crippen molar-refractivity contribution >= 4 is 22.6 Å². The van der Waals surface area contributed by atoms with E-state index in [1.165, 1.54) is 0 Å². The Balaban J connectivity index is 0.00000216. The number of aromatic nitrogens is 3. The molecule has 3 heterocycles. The molecule has 0 aliphatic carbocycles. The molecule has 2 N–H and O–H groups in total. The minimum Gasteiger partial charge on any atom is -0.493 e. The Morgan fingerprint density at radius 1 is 1.17 bits per heavy atom. The summed E-state index contributed by atoms with van der Waals surface area (Å²) in [7, 11) is 1.60. The average molecular weight is 598 g/mol. The summed E-state index contributed by atoms with van der Waals surface area (Å²) in [6.45, 7) is 8.66. The molecule has 35 heavy (non-hydrogen) atoms. The molecular weight excluding hydrogens is 565 g/mol. The first-order valence-electron chi connectivity index (χ1n) is 11.4. The number of aryl methyl sites for hydroxylation is 1. The molecule has 0 atom stereocenters. The molecule has 1 amide bonds. The van der Waals surface area contributed by atoms with Crippen LogP contribution in [0.4, 0.5) is 5.69 Å². The van der Waals surface area contributed by atoms with E-state index in [2.05, 4.69) is 30.1 Å². The van der Waals surface area contributed by atoms with E-state index < -0.39 is 0 Å². The number of carbonyl (C=O) groups is 1. The standard InChI is InChI=1S/C24H30N6O3.CH3.Cs/c1-4-18-24(32)28-20-12-16(22(33-5-2)13-21(20)27-18)15-29-8-10-30(11-9-29)17-6-7-19(26-14-17)23(31)25-3;;/h6-7,12-14H,4-5,8-11,15H2,1-3H3,(H,25,31)(H,28,32);1H3;/q;-1;+1. The van der Waals surface area contributed by atoms with E-state index >= 15 is 0 Å². The molecule has 0 bridgehead atoms. The third-order valence-electron chi connectivity index (χ3n) is 5.92. The smallest absolute Gasteiger partial charge is 0.493 e. The maximum atomic E-state index is 12.2. The van der Waals surface area contributed by atoms with E-state index in [1.54, 1.807) is 19.3 Å². The maximum absolute atomic E-state index is 12.2. The van der Waals surface area contributed by atoms with Crippen molar-refractivity contribution in [2.45, 2.75) is 26.8 Å². The molecular formula is C25H33CsN6O3. The van der Waals surface area contributed by atoms with Gasteiger partial charge in [0.1, 0.15) is 17.1 Å². The molecule has 10 heteroatoms. The van der Waals surface area contributed by atoms with E-state index in [-0.39, 0.29) is 87.8 Å². The number of piperazine rings is 1. The monoisotopic (exact) mass is 598 g/mol. The Morgan fingerprint density at radius 2 is 1.91 bits per heavy atom. The Labute approximate surface area is 265 Å². The number of fused-ring (bicyclic) bond motifs is 1. The third-order valence-corrected chi connectivity index (χ3v) is 5.92. The molecule has 1 fully saturated rings. The van der Waals surface area contributed by atoms with Crippen molar-refractivity contribution < 1.29 is 78.4 Å². The van der Waals surface area contributed by atoms with Gasteiger partial charge in [0, 0.05) is 51.4 Å². The van der Waals surface area contributed by atoms with Crippen LogP contribution in [-0.4, -0.2) is 65.6 Å². The van der Waals surface area contributed by atoms with Crippen LogP contribution in [0, 0.1) is 7.43 Å². The van der Waals surface area contributed by atoms with Crippen LogP contribution in [0.3, 0.4) is 0 Å². The molecule has 182 valence electrons. The van der Waals surface area contributed by atoms with E-state index in [9.17, 15) is 9.59 Å². The van der Waals surface area contributed by atoms with E-state index in [4.69, 9.17) is 4.74 Å². The van der Waals surface area contributed by atoms with Crippen molar-refractivity contribution in [1.82, 2.24) is 25.2 Å². The van der Waals surface area contributed by atoms with Crippen molar-refractivity contribution in [3.8, 4) is 5.75 Å².